The van der Waals surface area contributed by atoms with Crippen LogP contribution in [0.2, 0.25) is 0 Å². The van der Waals surface area contributed by atoms with Crippen molar-refractivity contribution in [2.24, 2.45) is 0 Å². The van der Waals surface area contributed by atoms with E-state index < -0.39 is 0 Å². The molecule has 0 aliphatic carbocycles. The highest BCUT2D eigenvalue weighted by Gasteiger charge is 2.14. The maximum atomic E-state index is 11.9. The van der Waals surface area contributed by atoms with Gasteiger partial charge in [0.2, 0.25) is 0 Å². The molecule has 0 aromatic heterocycles. The van der Waals surface area contributed by atoms with Gasteiger partial charge in [0.05, 0.1) is 0 Å². The third-order valence-electron chi connectivity index (χ3n) is 3.06. The number of carbonyl (C=O) groups excluding carboxylic acids is 1. The molecular weight excluding hydrogens is 372 g/mol. The molecule has 0 atom stereocenters. The van der Waals surface area contributed by atoms with Crippen LogP contribution in [-0.4, -0.2) is 37.8 Å². The summed E-state index contributed by atoms with van der Waals surface area (Å²) in [7, 11) is 0. The number of hydrogen-bond donors (Lipinski definition) is 2. The summed E-state index contributed by atoms with van der Waals surface area (Å²) < 4.78 is 12.0. The van der Waals surface area contributed by atoms with Gasteiger partial charge in [-0.3, -0.25) is 4.79 Å². The number of nitrogens with one attached hydrogen (secondary N) is 2. The number of halogens is 1. The lowest BCUT2D eigenvalue weighted by Crippen LogP contribution is -2.43. The maximum absolute atomic E-state index is 11.9. The van der Waals surface area contributed by atoms with Crippen LogP contribution in [-0.2, 0) is 16.1 Å². The molecule has 0 aliphatic heterocycles. The molecule has 136 valence electrons. The Balaban J connectivity index is 2.50. The van der Waals surface area contributed by atoms with Crippen LogP contribution in [0.1, 0.15) is 39.7 Å². The highest BCUT2D eigenvalue weighted by molar-refractivity contribution is 9.10. The summed E-state index contributed by atoms with van der Waals surface area (Å²) >= 11 is 3.48. The van der Waals surface area contributed by atoms with Crippen LogP contribution in [0.4, 0.5) is 0 Å². The number of hydrogen-bond acceptors (Lipinski definition) is 4. The van der Waals surface area contributed by atoms with Crippen LogP contribution in [0.25, 0.3) is 0 Å². The van der Waals surface area contributed by atoms with Crippen molar-refractivity contribution < 1.29 is 14.3 Å². The van der Waals surface area contributed by atoms with Crippen LogP contribution in [0.3, 0.4) is 0 Å². The Hall–Kier alpha value is -1.11. The summed E-state index contributed by atoms with van der Waals surface area (Å²) in [5, 5.41) is 6.26. The van der Waals surface area contributed by atoms with Gasteiger partial charge in [0, 0.05) is 35.3 Å². The average molecular weight is 401 g/mol. The Morgan fingerprint density at radius 2 is 2.04 bits per heavy atom. The molecule has 1 rings (SSSR count). The lowest BCUT2D eigenvalue weighted by Gasteiger charge is -2.21. The second-order valence-corrected chi connectivity index (χ2v) is 7.48. The number of amides is 1. The summed E-state index contributed by atoms with van der Waals surface area (Å²) in [5.74, 6) is 0.598. The van der Waals surface area contributed by atoms with Crippen molar-refractivity contribution in [1.29, 1.82) is 0 Å². The summed E-state index contributed by atoms with van der Waals surface area (Å²) in [6.07, 6.45) is 0.964. The molecule has 1 aromatic rings. The van der Waals surface area contributed by atoms with E-state index in [4.69, 9.17) is 9.47 Å². The first-order chi connectivity index (χ1) is 11.3. The van der Waals surface area contributed by atoms with Crippen molar-refractivity contribution >= 4 is 21.8 Å². The van der Waals surface area contributed by atoms with Crippen LogP contribution in [0, 0.1) is 0 Å². The van der Waals surface area contributed by atoms with Crippen molar-refractivity contribution in [3.8, 4) is 5.75 Å². The largest absolute Gasteiger partial charge is 0.483 e. The first kappa shape index (κ1) is 20.9. The van der Waals surface area contributed by atoms with Crippen molar-refractivity contribution in [3.05, 3.63) is 28.2 Å². The topological polar surface area (TPSA) is 59.6 Å². The van der Waals surface area contributed by atoms with Gasteiger partial charge in [-0.25, -0.2) is 0 Å². The predicted octanol–water partition coefficient (Wildman–Crippen LogP) is 3.26. The van der Waals surface area contributed by atoms with Gasteiger partial charge in [0.25, 0.3) is 5.91 Å². The van der Waals surface area contributed by atoms with E-state index in [-0.39, 0.29) is 18.1 Å². The molecule has 0 fully saturated rings. The van der Waals surface area contributed by atoms with Gasteiger partial charge in [-0.1, -0.05) is 15.9 Å². The normalized spacial score (nSPS) is 11.4. The van der Waals surface area contributed by atoms with Gasteiger partial charge >= 0.3 is 0 Å². The van der Waals surface area contributed by atoms with Crippen LogP contribution in [0.5, 0.6) is 5.75 Å². The Morgan fingerprint density at radius 1 is 1.29 bits per heavy atom. The number of carbonyl (C=O) groups is 1. The zero-order valence-electron chi connectivity index (χ0n) is 15.1. The van der Waals surface area contributed by atoms with Crippen molar-refractivity contribution in [2.45, 2.75) is 46.2 Å². The van der Waals surface area contributed by atoms with Crippen molar-refractivity contribution in [1.82, 2.24) is 10.6 Å². The fourth-order valence-electron chi connectivity index (χ4n) is 2.09. The van der Waals surface area contributed by atoms with Crippen molar-refractivity contribution in [2.75, 3.05) is 26.4 Å². The monoisotopic (exact) mass is 400 g/mol. The van der Waals surface area contributed by atoms with E-state index in [2.05, 4.69) is 26.6 Å². The smallest absolute Gasteiger partial charge is 0.258 e. The lowest BCUT2D eigenvalue weighted by molar-refractivity contribution is -0.124. The lowest BCUT2D eigenvalue weighted by atomic mass is 10.1. The van der Waals surface area contributed by atoms with Gasteiger partial charge in [-0.2, -0.15) is 0 Å². The van der Waals surface area contributed by atoms with Crippen LogP contribution in [0.15, 0.2) is 22.7 Å². The quantitative estimate of drug-likeness (QED) is 0.591. The fraction of sp³-hybridized carbons (Fsp3) is 0.611. The van der Waals surface area contributed by atoms with E-state index in [9.17, 15) is 4.79 Å². The standard InChI is InChI=1S/C18H29BrN2O3/c1-5-23-10-6-9-20-12-14-11-15(19)7-8-16(14)24-13-17(22)21-18(2,3)4/h7-8,11,20H,5-6,9-10,12-13H2,1-4H3,(H,21,22). The second-order valence-electron chi connectivity index (χ2n) is 6.57. The highest BCUT2D eigenvalue weighted by Crippen LogP contribution is 2.23. The molecular formula is C18H29BrN2O3. The molecule has 24 heavy (non-hydrogen) atoms. The van der Waals surface area contributed by atoms with E-state index in [0.717, 1.165) is 42.0 Å². The summed E-state index contributed by atoms with van der Waals surface area (Å²) in [6, 6.07) is 5.80. The van der Waals surface area contributed by atoms with E-state index in [1.165, 1.54) is 0 Å². The molecule has 0 heterocycles. The maximum Gasteiger partial charge on any atom is 0.258 e. The minimum Gasteiger partial charge on any atom is -0.483 e. The van der Waals surface area contributed by atoms with Crippen LogP contribution >= 0.6 is 15.9 Å². The van der Waals surface area contributed by atoms with Gasteiger partial charge in [-0.05, 0) is 58.9 Å². The van der Waals surface area contributed by atoms with E-state index >= 15 is 0 Å². The highest BCUT2D eigenvalue weighted by atomic mass is 79.9. The van der Waals surface area contributed by atoms with Gasteiger partial charge in [0.15, 0.2) is 6.61 Å². The zero-order chi connectivity index (χ0) is 18.0. The molecule has 0 radical (unpaired) electrons. The third kappa shape index (κ3) is 9.25. The molecule has 6 heteroatoms. The summed E-state index contributed by atoms with van der Waals surface area (Å²) in [4.78, 5) is 11.9. The first-order valence-electron chi connectivity index (χ1n) is 8.32. The number of ether oxygens (including phenoxy) is 2. The number of benzene rings is 1. The predicted molar refractivity (Wildman–Crippen MR) is 100 cm³/mol. The molecule has 1 amide bonds. The van der Waals surface area contributed by atoms with E-state index in [1.807, 2.05) is 45.9 Å². The molecule has 0 unspecified atom stereocenters. The number of rotatable bonds is 10. The molecule has 0 aliphatic rings. The summed E-state index contributed by atoms with van der Waals surface area (Å²) in [6.45, 7) is 10.9. The summed E-state index contributed by atoms with van der Waals surface area (Å²) in [5.41, 5.74) is 0.759. The van der Waals surface area contributed by atoms with Crippen molar-refractivity contribution in [3.63, 3.8) is 0 Å². The Kier molecular flexibility index (Phi) is 9.33. The Morgan fingerprint density at radius 3 is 2.71 bits per heavy atom. The van der Waals surface area contributed by atoms with Gasteiger partial charge in [-0.15, -0.1) is 0 Å². The minimum atomic E-state index is -0.259. The van der Waals surface area contributed by atoms with E-state index in [0.29, 0.717) is 6.54 Å². The van der Waals surface area contributed by atoms with E-state index in [1.54, 1.807) is 0 Å². The average Bonchev–Trinajstić information content (AvgIpc) is 2.48. The molecule has 0 bridgehead atoms. The first-order valence-corrected chi connectivity index (χ1v) is 9.12. The fourth-order valence-corrected chi connectivity index (χ4v) is 2.50. The minimum absolute atomic E-state index is 0.0102. The Labute approximate surface area is 153 Å². The van der Waals surface area contributed by atoms with Gasteiger partial charge < -0.3 is 20.1 Å². The molecule has 1 aromatic carbocycles. The molecule has 2 N–H and O–H groups in total. The zero-order valence-corrected chi connectivity index (χ0v) is 16.7. The van der Waals surface area contributed by atoms with Crippen LogP contribution < -0.4 is 15.4 Å². The molecule has 5 nitrogen and oxygen atoms in total. The molecule has 0 saturated heterocycles. The van der Waals surface area contributed by atoms with Gasteiger partial charge in [0.1, 0.15) is 5.75 Å². The molecule has 0 saturated carbocycles. The second kappa shape index (κ2) is 10.7. The SMILES string of the molecule is CCOCCCNCc1cc(Br)ccc1OCC(=O)NC(C)(C)C. The molecule has 0 spiro atoms. The third-order valence-corrected chi connectivity index (χ3v) is 3.55. The Bertz CT molecular complexity index is 515.